The van der Waals surface area contributed by atoms with E-state index in [-0.39, 0.29) is 0 Å². The van der Waals surface area contributed by atoms with Gasteiger partial charge in [0.1, 0.15) is 0 Å². The van der Waals surface area contributed by atoms with E-state index in [1.54, 1.807) is 0 Å². The van der Waals surface area contributed by atoms with Gasteiger partial charge in [-0.1, -0.05) is 6.08 Å². The molecule has 0 aromatic rings. The van der Waals surface area contributed by atoms with E-state index in [1.807, 2.05) is 0 Å². The highest BCUT2D eigenvalue weighted by molar-refractivity contribution is 5.18. The normalized spacial score (nSPS) is 17.0. The molecule has 0 heterocycles. The second-order valence-corrected chi connectivity index (χ2v) is 3.89. The average Bonchev–Trinajstić information content (AvgIpc) is 2.34. The number of alkyl halides is 5. The molecular formula is C11H12F8O2. The lowest BCUT2D eigenvalue weighted by molar-refractivity contribution is -0.370. The zero-order valence-corrected chi connectivity index (χ0v) is 10.9. The first kappa shape index (κ1) is 19.8. The molecule has 10 heteroatoms. The fourth-order valence-corrected chi connectivity index (χ4v) is 1.44. The van der Waals surface area contributed by atoms with Crippen molar-refractivity contribution < 1.29 is 44.6 Å². The van der Waals surface area contributed by atoms with Crippen LogP contribution >= 0.6 is 0 Å². The van der Waals surface area contributed by atoms with Crippen molar-refractivity contribution in [1.82, 2.24) is 0 Å². The molecule has 0 saturated heterocycles. The van der Waals surface area contributed by atoms with Gasteiger partial charge in [0.2, 0.25) is 11.4 Å². The van der Waals surface area contributed by atoms with Crippen molar-refractivity contribution >= 4 is 0 Å². The molecule has 2 atom stereocenters. The van der Waals surface area contributed by atoms with Crippen molar-refractivity contribution in [2.24, 2.45) is 0 Å². The summed E-state index contributed by atoms with van der Waals surface area (Å²) in [5, 5.41) is 0. The van der Waals surface area contributed by atoms with Gasteiger partial charge in [-0.25, -0.2) is 0 Å². The van der Waals surface area contributed by atoms with Crippen LogP contribution in [0.5, 0.6) is 0 Å². The lowest BCUT2D eigenvalue weighted by Gasteiger charge is -2.40. The first-order valence-corrected chi connectivity index (χ1v) is 5.34. The molecule has 0 rings (SSSR count). The molecule has 0 aliphatic carbocycles. The summed E-state index contributed by atoms with van der Waals surface area (Å²) in [5.41, 5.74) is -4.58. The lowest BCUT2D eigenvalue weighted by Crippen LogP contribution is -2.62. The van der Waals surface area contributed by atoms with Gasteiger partial charge >= 0.3 is 18.2 Å². The van der Waals surface area contributed by atoms with Gasteiger partial charge in [0.15, 0.2) is 6.29 Å². The van der Waals surface area contributed by atoms with E-state index in [0.717, 1.165) is 14.0 Å². The quantitative estimate of drug-likeness (QED) is 0.387. The van der Waals surface area contributed by atoms with Gasteiger partial charge in [-0.3, -0.25) is 0 Å². The van der Waals surface area contributed by atoms with Gasteiger partial charge in [-0.2, -0.15) is 35.1 Å². The maximum absolute atomic E-state index is 13.7. The molecule has 0 aromatic heterocycles. The van der Waals surface area contributed by atoms with E-state index in [0.29, 0.717) is 6.08 Å². The summed E-state index contributed by atoms with van der Waals surface area (Å²) >= 11 is 0. The van der Waals surface area contributed by atoms with E-state index < -0.39 is 42.3 Å². The fourth-order valence-electron chi connectivity index (χ4n) is 1.44. The number of rotatable bonds is 7. The summed E-state index contributed by atoms with van der Waals surface area (Å²) in [6.45, 7) is 3.64. The van der Waals surface area contributed by atoms with Gasteiger partial charge in [0.25, 0.3) is 0 Å². The molecular weight excluding hydrogens is 316 g/mol. The lowest BCUT2D eigenvalue weighted by atomic mass is 9.89. The van der Waals surface area contributed by atoms with Crippen molar-refractivity contribution in [2.75, 3.05) is 7.11 Å². The minimum absolute atomic E-state index is 0.354. The SMILES string of the molecule is C=CCC(OC(C)OC)(C(F)(F)F)C(F)(F)C(F)=C(F)F. The molecule has 0 saturated carbocycles. The smallest absolute Gasteiger partial charge is 0.356 e. The van der Waals surface area contributed by atoms with E-state index in [2.05, 4.69) is 16.1 Å². The molecule has 124 valence electrons. The monoisotopic (exact) mass is 328 g/mol. The van der Waals surface area contributed by atoms with Gasteiger partial charge in [0.05, 0.1) is 0 Å². The summed E-state index contributed by atoms with van der Waals surface area (Å²) in [6, 6.07) is 0. The highest BCUT2D eigenvalue weighted by Gasteiger charge is 2.73. The standard InChI is InChI=1S/C11H12F8O2/c1-4-5-9(11(17,18)19,21-6(2)20-3)10(15,16)7(12)8(13)14/h4,6H,1,5H2,2-3H3. The number of hydrogen-bond donors (Lipinski definition) is 0. The van der Waals surface area contributed by atoms with E-state index >= 15 is 0 Å². The number of ether oxygens (including phenoxy) is 2. The molecule has 0 N–H and O–H groups in total. The van der Waals surface area contributed by atoms with Crippen LogP contribution < -0.4 is 0 Å². The van der Waals surface area contributed by atoms with Crippen LogP contribution in [-0.4, -0.2) is 31.1 Å². The maximum atomic E-state index is 13.7. The van der Waals surface area contributed by atoms with Crippen LogP contribution in [-0.2, 0) is 9.47 Å². The zero-order chi connectivity index (χ0) is 17.1. The van der Waals surface area contributed by atoms with Crippen LogP contribution in [0.3, 0.4) is 0 Å². The molecule has 21 heavy (non-hydrogen) atoms. The highest BCUT2D eigenvalue weighted by Crippen LogP contribution is 2.52. The molecule has 0 spiro atoms. The summed E-state index contributed by atoms with van der Waals surface area (Å²) in [6.07, 6.45) is -12.6. The Bertz CT molecular complexity index is 400. The Kier molecular flexibility index (Phi) is 6.36. The number of hydrogen-bond acceptors (Lipinski definition) is 2. The molecule has 0 fully saturated rings. The molecule has 0 aliphatic heterocycles. The maximum Gasteiger partial charge on any atom is 0.424 e. The Balaban J connectivity index is 6.24. The zero-order valence-electron chi connectivity index (χ0n) is 10.9. The summed E-state index contributed by atoms with van der Waals surface area (Å²) in [5.74, 6) is -9.20. The summed E-state index contributed by atoms with van der Waals surface area (Å²) in [7, 11) is 0.833. The summed E-state index contributed by atoms with van der Waals surface area (Å²) < 4.78 is 112. The fraction of sp³-hybridized carbons (Fsp3) is 0.636. The Morgan fingerprint density at radius 1 is 1.14 bits per heavy atom. The van der Waals surface area contributed by atoms with Crippen molar-refractivity contribution in [3.63, 3.8) is 0 Å². The largest absolute Gasteiger partial charge is 0.424 e. The topological polar surface area (TPSA) is 18.5 Å². The molecule has 0 aromatic carbocycles. The molecule has 0 amide bonds. The third-order valence-corrected chi connectivity index (χ3v) is 2.54. The number of methoxy groups -OCH3 is 1. The van der Waals surface area contributed by atoms with Crippen LogP contribution in [0.4, 0.5) is 35.1 Å². The predicted molar refractivity (Wildman–Crippen MR) is 56.5 cm³/mol. The van der Waals surface area contributed by atoms with Crippen LogP contribution in [0.25, 0.3) is 0 Å². The molecule has 0 aliphatic rings. The van der Waals surface area contributed by atoms with Crippen LogP contribution in [0, 0.1) is 0 Å². The van der Waals surface area contributed by atoms with Crippen LogP contribution in [0.15, 0.2) is 24.6 Å². The van der Waals surface area contributed by atoms with Gasteiger partial charge in [0, 0.05) is 13.5 Å². The highest BCUT2D eigenvalue weighted by atomic mass is 19.4. The first-order valence-electron chi connectivity index (χ1n) is 5.34. The number of halogens is 8. The predicted octanol–water partition coefficient (Wildman–Crippen LogP) is 4.59. The molecule has 2 nitrogen and oxygen atoms in total. The van der Waals surface area contributed by atoms with Gasteiger partial charge in [-0.05, 0) is 6.92 Å². The Morgan fingerprint density at radius 2 is 1.62 bits per heavy atom. The Morgan fingerprint density at radius 3 is 1.90 bits per heavy atom. The van der Waals surface area contributed by atoms with Gasteiger partial charge in [-0.15, -0.1) is 6.58 Å². The minimum Gasteiger partial charge on any atom is -0.356 e. The van der Waals surface area contributed by atoms with Crippen molar-refractivity contribution in [3.05, 3.63) is 24.6 Å². The Labute approximate surface area is 115 Å². The van der Waals surface area contributed by atoms with Gasteiger partial charge < -0.3 is 9.47 Å². The third kappa shape index (κ3) is 3.73. The molecule has 0 bridgehead atoms. The second kappa shape index (κ2) is 6.73. The average molecular weight is 328 g/mol. The van der Waals surface area contributed by atoms with Crippen LogP contribution in [0.1, 0.15) is 13.3 Å². The van der Waals surface area contributed by atoms with Crippen LogP contribution in [0.2, 0.25) is 0 Å². The van der Waals surface area contributed by atoms with E-state index in [9.17, 15) is 35.1 Å². The Hall–Kier alpha value is -1.16. The second-order valence-electron chi connectivity index (χ2n) is 3.89. The van der Waals surface area contributed by atoms with Crippen molar-refractivity contribution in [2.45, 2.75) is 37.3 Å². The third-order valence-electron chi connectivity index (χ3n) is 2.54. The van der Waals surface area contributed by atoms with Crippen molar-refractivity contribution in [3.8, 4) is 0 Å². The first-order chi connectivity index (χ1) is 9.37. The van der Waals surface area contributed by atoms with E-state index in [1.165, 1.54) is 0 Å². The minimum atomic E-state index is -5.88. The van der Waals surface area contributed by atoms with Crippen molar-refractivity contribution in [1.29, 1.82) is 0 Å². The summed E-state index contributed by atoms with van der Waals surface area (Å²) in [4.78, 5) is 0. The van der Waals surface area contributed by atoms with E-state index in [4.69, 9.17) is 0 Å². The molecule has 0 radical (unpaired) electrons. The molecule has 2 unspecified atom stereocenters.